The lowest BCUT2D eigenvalue weighted by atomic mass is 9.88. The summed E-state index contributed by atoms with van der Waals surface area (Å²) < 4.78 is 26.4. The van der Waals surface area contributed by atoms with Crippen LogP contribution in [0.2, 0.25) is 0 Å². The normalized spacial score (nSPS) is 20.9. The molecular formula is C19H20F2N2O. The molecule has 24 heavy (non-hydrogen) atoms. The van der Waals surface area contributed by atoms with Crippen molar-refractivity contribution < 1.29 is 13.6 Å². The first kappa shape index (κ1) is 16.6. The highest BCUT2D eigenvalue weighted by molar-refractivity contribution is 5.94. The van der Waals surface area contributed by atoms with Gasteiger partial charge in [0.05, 0.1) is 0 Å². The molecule has 0 aliphatic carbocycles. The Hall–Kier alpha value is -2.27. The first-order valence-corrected chi connectivity index (χ1v) is 8.06. The fourth-order valence-electron chi connectivity index (χ4n) is 3.33. The zero-order chi connectivity index (χ0) is 17.1. The minimum atomic E-state index is -0.370. The van der Waals surface area contributed by atoms with E-state index in [2.05, 4.69) is 0 Å². The molecule has 3 rings (SSSR count). The highest BCUT2D eigenvalue weighted by Gasteiger charge is 2.28. The summed E-state index contributed by atoms with van der Waals surface area (Å²) in [5.41, 5.74) is 7.47. The smallest absolute Gasteiger partial charge is 0.253 e. The minimum absolute atomic E-state index is 0.110. The van der Waals surface area contributed by atoms with Crippen LogP contribution in [0.5, 0.6) is 0 Å². The van der Waals surface area contributed by atoms with E-state index in [0.29, 0.717) is 25.1 Å². The number of piperidine rings is 1. The van der Waals surface area contributed by atoms with Crippen LogP contribution < -0.4 is 5.73 Å². The standard InChI is InChI=1S/C19H20F2N2O/c20-16-6-4-15(5-7-16)19(24)23-11-14(10-18(22)12-23)8-13-2-1-3-17(21)9-13/h1-7,9,14,18H,8,10-12,22H2. The summed E-state index contributed by atoms with van der Waals surface area (Å²) in [6.07, 6.45) is 1.47. The van der Waals surface area contributed by atoms with E-state index in [9.17, 15) is 13.6 Å². The van der Waals surface area contributed by atoms with Crippen molar-refractivity contribution in [1.82, 2.24) is 4.90 Å². The van der Waals surface area contributed by atoms with Crippen LogP contribution in [0, 0.1) is 17.6 Å². The lowest BCUT2D eigenvalue weighted by Crippen LogP contribution is -2.49. The largest absolute Gasteiger partial charge is 0.337 e. The number of amides is 1. The van der Waals surface area contributed by atoms with E-state index in [1.807, 2.05) is 6.07 Å². The van der Waals surface area contributed by atoms with Gasteiger partial charge >= 0.3 is 0 Å². The number of nitrogens with zero attached hydrogens (tertiary/aromatic N) is 1. The van der Waals surface area contributed by atoms with Crippen LogP contribution >= 0.6 is 0 Å². The summed E-state index contributed by atoms with van der Waals surface area (Å²) in [7, 11) is 0. The van der Waals surface area contributed by atoms with Crippen molar-refractivity contribution in [2.75, 3.05) is 13.1 Å². The van der Waals surface area contributed by atoms with E-state index in [0.717, 1.165) is 12.0 Å². The molecule has 2 unspecified atom stereocenters. The molecule has 1 amide bonds. The average Bonchev–Trinajstić information content (AvgIpc) is 2.54. The van der Waals surface area contributed by atoms with Gasteiger partial charge in [-0.3, -0.25) is 4.79 Å². The van der Waals surface area contributed by atoms with Crippen molar-refractivity contribution in [3.05, 3.63) is 71.3 Å². The Morgan fingerprint density at radius 1 is 1.08 bits per heavy atom. The summed E-state index contributed by atoms with van der Waals surface area (Å²) in [6, 6.07) is 11.9. The maximum Gasteiger partial charge on any atom is 0.253 e. The molecule has 0 radical (unpaired) electrons. The fraction of sp³-hybridized carbons (Fsp3) is 0.316. The number of benzene rings is 2. The van der Waals surface area contributed by atoms with Crippen molar-refractivity contribution in [1.29, 1.82) is 0 Å². The second kappa shape index (κ2) is 7.09. The third kappa shape index (κ3) is 3.97. The van der Waals surface area contributed by atoms with Crippen molar-refractivity contribution in [3.63, 3.8) is 0 Å². The number of likely N-dealkylation sites (tertiary alicyclic amines) is 1. The molecule has 1 aliphatic heterocycles. The number of halogens is 2. The number of hydrogen-bond acceptors (Lipinski definition) is 2. The molecule has 5 heteroatoms. The van der Waals surface area contributed by atoms with Crippen molar-refractivity contribution in [2.24, 2.45) is 11.7 Å². The van der Waals surface area contributed by atoms with Crippen LogP contribution in [0.1, 0.15) is 22.3 Å². The van der Waals surface area contributed by atoms with Crippen LogP contribution in [0.15, 0.2) is 48.5 Å². The number of hydrogen-bond donors (Lipinski definition) is 1. The molecule has 2 aromatic carbocycles. The number of rotatable bonds is 3. The summed E-state index contributed by atoms with van der Waals surface area (Å²) in [5.74, 6) is -0.591. The third-order valence-electron chi connectivity index (χ3n) is 4.36. The maximum absolute atomic E-state index is 13.3. The van der Waals surface area contributed by atoms with Crippen LogP contribution in [-0.2, 0) is 6.42 Å². The molecule has 1 saturated heterocycles. The number of nitrogens with two attached hydrogens (primary N) is 1. The summed E-state index contributed by atoms with van der Waals surface area (Å²) >= 11 is 0. The van der Waals surface area contributed by atoms with E-state index in [4.69, 9.17) is 5.73 Å². The quantitative estimate of drug-likeness (QED) is 0.940. The highest BCUT2D eigenvalue weighted by Crippen LogP contribution is 2.22. The highest BCUT2D eigenvalue weighted by atomic mass is 19.1. The van der Waals surface area contributed by atoms with Crippen molar-refractivity contribution in [2.45, 2.75) is 18.9 Å². The van der Waals surface area contributed by atoms with Gasteiger partial charge < -0.3 is 10.6 Å². The predicted octanol–water partition coefficient (Wildman–Crippen LogP) is 3.00. The number of carbonyl (C=O) groups excluding carboxylic acids is 1. The van der Waals surface area contributed by atoms with Crippen molar-refractivity contribution >= 4 is 5.91 Å². The molecule has 0 bridgehead atoms. The van der Waals surface area contributed by atoms with Gasteiger partial charge in [-0.1, -0.05) is 12.1 Å². The Labute approximate surface area is 140 Å². The summed E-state index contributed by atoms with van der Waals surface area (Å²) in [4.78, 5) is 14.3. The monoisotopic (exact) mass is 330 g/mol. The molecule has 0 spiro atoms. The Morgan fingerprint density at radius 2 is 1.83 bits per heavy atom. The molecule has 0 saturated carbocycles. The Kier molecular flexibility index (Phi) is 4.90. The van der Waals surface area contributed by atoms with E-state index in [-0.39, 0.29) is 29.5 Å². The predicted molar refractivity (Wildman–Crippen MR) is 88.5 cm³/mol. The molecule has 126 valence electrons. The zero-order valence-electron chi connectivity index (χ0n) is 13.3. The Morgan fingerprint density at radius 3 is 2.54 bits per heavy atom. The lowest BCUT2D eigenvalue weighted by Gasteiger charge is -2.36. The second-order valence-electron chi connectivity index (χ2n) is 6.41. The van der Waals surface area contributed by atoms with E-state index in [1.54, 1.807) is 11.0 Å². The Bertz CT molecular complexity index is 718. The number of carbonyl (C=O) groups is 1. The van der Waals surface area contributed by atoms with Gasteiger partial charge in [-0.15, -0.1) is 0 Å². The molecular weight excluding hydrogens is 310 g/mol. The van der Waals surface area contributed by atoms with Gasteiger partial charge in [0, 0.05) is 24.7 Å². The maximum atomic E-state index is 13.3. The Balaban J connectivity index is 1.70. The first-order valence-electron chi connectivity index (χ1n) is 8.06. The summed E-state index contributed by atoms with van der Waals surface area (Å²) in [6.45, 7) is 1.05. The average molecular weight is 330 g/mol. The fourth-order valence-corrected chi connectivity index (χ4v) is 3.33. The molecule has 0 aromatic heterocycles. The summed E-state index contributed by atoms with van der Waals surface area (Å²) in [5, 5.41) is 0. The van der Waals surface area contributed by atoms with Crippen LogP contribution in [-0.4, -0.2) is 29.9 Å². The third-order valence-corrected chi connectivity index (χ3v) is 4.36. The molecule has 2 aromatic rings. The minimum Gasteiger partial charge on any atom is -0.337 e. The molecule has 2 atom stereocenters. The first-order chi connectivity index (χ1) is 11.5. The van der Waals surface area contributed by atoms with Gasteiger partial charge in [0.1, 0.15) is 11.6 Å². The van der Waals surface area contributed by atoms with Gasteiger partial charge in [-0.05, 0) is 60.7 Å². The molecule has 2 N–H and O–H groups in total. The molecule has 3 nitrogen and oxygen atoms in total. The second-order valence-corrected chi connectivity index (χ2v) is 6.41. The molecule has 1 aliphatic rings. The van der Waals surface area contributed by atoms with E-state index in [1.165, 1.54) is 36.4 Å². The van der Waals surface area contributed by atoms with Gasteiger partial charge in [0.15, 0.2) is 0 Å². The molecule has 1 fully saturated rings. The van der Waals surface area contributed by atoms with Crippen LogP contribution in [0.25, 0.3) is 0 Å². The van der Waals surface area contributed by atoms with Gasteiger partial charge in [-0.2, -0.15) is 0 Å². The van der Waals surface area contributed by atoms with Crippen molar-refractivity contribution in [3.8, 4) is 0 Å². The van der Waals surface area contributed by atoms with E-state index < -0.39 is 0 Å². The van der Waals surface area contributed by atoms with Crippen LogP contribution in [0.4, 0.5) is 8.78 Å². The SMILES string of the molecule is NC1CC(Cc2cccc(F)c2)CN(C(=O)c2ccc(F)cc2)C1. The zero-order valence-corrected chi connectivity index (χ0v) is 13.3. The van der Waals surface area contributed by atoms with Gasteiger partial charge in [0.25, 0.3) is 5.91 Å². The van der Waals surface area contributed by atoms with E-state index >= 15 is 0 Å². The topological polar surface area (TPSA) is 46.3 Å². The van der Waals surface area contributed by atoms with Crippen LogP contribution in [0.3, 0.4) is 0 Å². The molecule has 1 heterocycles. The van der Waals surface area contributed by atoms with Gasteiger partial charge in [0.2, 0.25) is 0 Å². The van der Waals surface area contributed by atoms with Gasteiger partial charge in [-0.25, -0.2) is 8.78 Å². The lowest BCUT2D eigenvalue weighted by molar-refractivity contribution is 0.0649.